The molecule has 0 amide bonds. The Hall–Kier alpha value is -2.25. The number of hydrogen-bond acceptors (Lipinski definition) is 3. The first kappa shape index (κ1) is 11.2. The lowest BCUT2D eigenvalue weighted by Crippen LogP contribution is -2.12. The molecule has 0 aliphatic rings. The molecule has 5 nitrogen and oxygen atoms in total. The fourth-order valence-electron chi connectivity index (χ4n) is 1.31. The third kappa shape index (κ3) is 2.01. The molecule has 0 aliphatic carbocycles. The van der Waals surface area contributed by atoms with Gasteiger partial charge in [0.15, 0.2) is 5.69 Å². The molecule has 8 heteroatoms. The summed E-state index contributed by atoms with van der Waals surface area (Å²) in [5.41, 5.74) is -1.49. The predicted octanol–water partition coefficient (Wildman–Crippen LogP) is 2.69. The Morgan fingerprint density at radius 2 is 2.18 bits per heavy atom. The van der Waals surface area contributed by atoms with E-state index in [-0.39, 0.29) is 15.8 Å². The molecule has 1 N–H and O–H groups in total. The van der Waals surface area contributed by atoms with E-state index in [0.29, 0.717) is 0 Å². The van der Waals surface area contributed by atoms with Crippen LogP contribution in [0.15, 0.2) is 29.2 Å². The lowest BCUT2D eigenvalue weighted by molar-refractivity contribution is -0.140. The van der Waals surface area contributed by atoms with Gasteiger partial charge < -0.3 is 9.52 Å². The number of rotatable bonds is 1. The summed E-state index contributed by atoms with van der Waals surface area (Å²) in [4.78, 5) is 10.6. The average molecular weight is 246 g/mol. The molecule has 0 aliphatic heterocycles. The maximum atomic E-state index is 12.6. The minimum absolute atomic E-state index is 0.116. The van der Waals surface area contributed by atoms with Gasteiger partial charge in [0.1, 0.15) is 0 Å². The van der Waals surface area contributed by atoms with Crippen molar-refractivity contribution in [1.82, 2.24) is 9.78 Å². The minimum Gasteiger partial charge on any atom is -0.472 e. The van der Waals surface area contributed by atoms with Crippen molar-refractivity contribution in [1.29, 1.82) is 0 Å². The molecule has 0 spiro atoms. The van der Waals surface area contributed by atoms with Crippen molar-refractivity contribution in [3.63, 3.8) is 0 Å². The number of aromatic nitrogens is 2. The summed E-state index contributed by atoms with van der Waals surface area (Å²) < 4.78 is 42.7. The predicted molar refractivity (Wildman–Crippen MR) is 48.4 cm³/mol. The van der Waals surface area contributed by atoms with E-state index in [9.17, 15) is 18.0 Å². The fraction of sp³-hybridized carbons (Fsp3) is 0.111. The van der Waals surface area contributed by atoms with Crippen LogP contribution in [0.5, 0.6) is 0 Å². The van der Waals surface area contributed by atoms with Gasteiger partial charge in [0.25, 0.3) is 0 Å². The first-order valence-corrected chi connectivity index (χ1v) is 4.32. The second-order valence-corrected chi connectivity index (χ2v) is 3.13. The van der Waals surface area contributed by atoms with Crippen LogP contribution in [0.25, 0.3) is 11.1 Å². The molecule has 0 aromatic carbocycles. The second-order valence-electron chi connectivity index (χ2n) is 3.13. The van der Waals surface area contributed by atoms with E-state index in [2.05, 4.69) is 9.52 Å². The van der Waals surface area contributed by atoms with E-state index in [1.807, 2.05) is 0 Å². The molecule has 2 aromatic rings. The minimum atomic E-state index is -4.73. The van der Waals surface area contributed by atoms with Crippen molar-refractivity contribution in [3.05, 3.63) is 30.5 Å². The Morgan fingerprint density at radius 3 is 2.65 bits per heavy atom. The quantitative estimate of drug-likeness (QED) is 0.839. The number of carboxylic acid groups (broad SMARTS) is 1. The molecule has 0 unspecified atom stereocenters. The van der Waals surface area contributed by atoms with Crippen LogP contribution in [-0.4, -0.2) is 21.0 Å². The molecular weight excluding hydrogens is 241 g/mol. The molecule has 0 atom stereocenters. The summed E-state index contributed by atoms with van der Waals surface area (Å²) in [5.74, 6) is 0. The zero-order valence-corrected chi connectivity index (χ0v) is 8.10. The number of furan rings is 1. The monoisotopic (exact) mass is 246 g/mol. The Kier molecular flexibility index (Phi) is 2.41. The largest absolute Gasteiger partial charge is 0.472 e. The maximum absolute atomic E-state index is 12.6. The molecule has 2 rings (SSSR count). The molecule has 0 fully saturated rings. The highest BCUT2D eigenvalue weighted by Crippen LogP contribution is 2.36. The number of halogens is 3. The van der Waals surface area contributed by atoms with Crippen molar-refractivity contribution in [2.75, 3.05) is 0 Å². The molecule has 90 valence electrons. The number of nitrogens with zero attached hydrogens (tertiary/aromatic N) is 2. The van der Waals surface area contributed by atoms with Crippen molar-refractivity contribution in [3.8, 4) is 11.1 Å². The zero-order valence-electron chi connectivity index (χ0n) is 8.10. The highest BCUT2D eigenvalue weighted by Gasteiger charge is 2.38. The Morgan fingerprint density at radius 1 is 1.47 bits per heavy atom. The van der Waals surface area contributed by atoms with Gasteiger partial charge >= 0.3 is 12.3 Å². The normalized spacial score (nSPS) is 11.7. The summed E-state index contributed by atoms with van der Waals surface area (Å²) in [6.07, 6.45) is -3.26. The van der Waals surface area contributed by atoms with Crippen LogP contribution in [-0.2, 0) is 6.18 Å². The van der Waals surface area contributed by atoms with Crippen LogP contribution in [0.3, 0.4) is 0 Å². The van der Waals surface area contributed by atoms with Gasteiger partial charge in [-0.15, -0.1) is 0 Å². The average Bonchev–Trinajstić information content (AvgIpc) is 2.85. The zero-order chi connectivity index (χ0) is 12.6. The third-order valence-electron chi connectivity index (χ3n) is 2.01. The Bertz CT molecular complexity index is 542. The molecule has 17 heavy (non-hydrogen) atoms. The van der Waals surface area contributed by atoms with E-state index in [0.717, 1.165) is 12.5 Å². The molecule has 0 saturated carbocycles. The van der Waals surface area contributed by atoms with Gasteiger partial charge in [-0.3, -0.25) is 0 Å². The molecule has 2 aromatic heterocycles. The van der Waals surface area contributed by atoms with Crippen LogP contribution in [0.2, 0.25) is 0 Å². The Balaban J connectivity index is 2.61. The van der Waals surface area contributed by atoms with Gasteiger partial charge in [-0.2, -0.15) is 23.0 Å². The first-order chi connectivity index (χ1) is 7.89. The summed E-state index contributed by atoms with van der Waals surface area (Å²) >= 11 is 0. The van der Waals surface area contributed by atoms with Crippen molar-refractivity contribution < 1.29 is 27.5 Å². The van der Waals surface area contributed by atoms with Gasteiger partial charge in [0.2, 0.25) is 0 Å². The van der Waals surface area contributed by atoms with Crippen LogP contribution < -0.4 is 0 Å². The summed E-state index contributed by atoms with van der Waals surface area (Å²) in [7, 11) is 0. The van der Waals surface area contributed by atoms with Crippen molar-refractivity contribution in [2.45, 2.75) is 6.18 Å². The van der Waals surface area contributed by atoms with E-state index in [1.165, 1.54) is 12.3 Å². The van der Waals surface area contributed by atoms with E-state index in [1.54, 1.807) is 0 Å². The molecular formula is C9H5F3N2O3. The van der Waals surface area contributed by atoms with Crippen molar-refractivity contribution in [2.24, 2.45) is 0 Å². The number of alkyl halides is 3. The fourth-order valence-corrected chi connectivity index (χ4v) is 1.31. The van der Waals surface area contributed by atoms with Crippen LogP contribution in [0.4, 0.5) is 18.0 Å². The number of hydrogen-bond donors (Lipinski definition) is 1. The highest BCUT2D eigenvalue weighted by molar-refractivity contribution is 5.72. The molecule has 0 radical (unpaired) electrons. The number of carbonyl (C=O) groups is 1. The molecule has 0 saturated heterocycles. The van der Waals surface area contributed by atoms with Crippen LogP contribution >= 0.6 is 0 Å². The van der Waals surface area contributed by atoms with E-state index >= 15 is 0 Å². The van der Waals surface area contributed by atoms with Gasteiger partial charge in [0, 0.05) is 17.3 Å². The summed E-state index contributed by atoms with van der Waals surface area (Å²) in [6.45, 7) is 0. The van der Waals surface area contributed by atoms with E-state index in [4.69, 9.17) is 5.11 Å². The topological polar surface area (TPSA) is 68.3 Å². The Labute approximate surface area is 92.1 Å². The van der Waals surface area contributed by atoms with Gasteiger partial charge in [-0.05, 0) is 6.07 Å². The van der Waals surface area contributed by atoms with E-state index < -0.39 is 18.0 Å². The highest BCUT2D eigenvalue weighted by atomic mass is 19.4. The summed E-state index contributed by atoms with van der Waals surface area (Å²) in [5, 5.41) is 11.6. The maximum Gasteiger partial charge on any atom is 0.435 e. The molecule has 2 heterocycles. The van der Waals surface area contributed by atoms with Gasteiger partial charge in [-0.1, -0.05) is 0 Å². The second kappa shape index (κ2) is 3.65. The van der Waals surface area contributed by atoms with Gasteiger partial charge in [-0.25, -0.2) is 4.79 Å². The standard InChI is InChI=1S/C9H5F3N2O3/c10-9(11,12)7-6(5-1-2-17-4-5)3-14(13-7)8(15)16/h1-4H,(H,15,16). The SMILES string of the molecule is O=C(O)n1cc(-c2ccoc2)c(C(F)(F)F)n1. The smallest absolute Gasteiger partial charge is 0.435 e. The van der Waals surface area contributed by atoms with Gasteiger partial charge in [0.05, 0.1) is 12.5 Å². The first-order valence-electron chi connectivity index (χ1n) is 4.32. The lowest BCUT2D eigenvalue weighted by atomic mass is 10.1. The lowest BCUT2D eigenvalue weighted by Gasteiger charge is -2.03. The van der Waals surface area contributed by atoms with Crippen LogP contribution in [0, 0.1) is 0 Å². The summed E-state index contributed by atoms with van der Waals surface area (Å²) in [6, 6.07) is 1.29. The van der Waals surface area contributed by atoms with Crippen LogP contribution in [0.1, 0.15) is 5.69 Å². The molecule has 0 bridgehead atoms. The van der Waals surface area contributed by atoms with Crippen molar-refractivity contribution >= 4 is 6.09 Å². The third-order valence-corrected chi connectivity index (χ3v) is 2.01.